The summed E-state index contributed by atoms with van der Waals surface area (Å²) in [6, 6.07) is 14.0. The van der Waals surface area contributed by atoms with Crippen LogP contribution in [-0.4, -0.2) is 35.2 Å². The summed E-state index contributed by atoms with van der Waals surface area (Å²) in [6.45, 7) is 2.09. The minimum Gasteiger partial charge on any atom is -0.383 e. The number of aliphatic hydroxyl groups is 1. The Hall–Kier alpha value is -3.87. The largest absolute Gasteiger partial charge is 0.383 e. The fourth-order valence-electron chi connectivity index (χ4n) is 7.89. The number of fused-ring (bicyclic) bond motifs is 3. The van der Waals surface area contributed by atoms with Gasteiger partial charge in [-0.05, 0) is 75.8 Å². The number of nitrogens with one attached hydrogen (secondary N) is 2. The summed E-state index contributed by atoms with van der Waals surface area (Å²) < 4.78 is 66.2. The van der Waals surface area contributed by atoms with Crippen molar-refractivity contribution in [1.82, 2.24) is 14.4 Å². The van der Waals surface area contributed by atoms with Crippen molar-refractivity contribution in [1.29, 1.82) is 0 Å². The van der Waals surface area contributed by atoms with E-state index in [2.05, 4.69) is 15.2 Å². The first kappa shape index (κ1) is 30.8. The number of hydrogen-bond donors (Lipinski definition) is 3. The summed E-state index contributed by atoms with van der Waals surface area (Å²) in [5.74, 6) is -2.38. The van der Waals surface area contributed by atoms with Crippen LogP contribution in [0.15, 0.2) is 64.0 Å². The summed E-state index contributed by atoms with van der Waals surface area (Å²) in [5, 5.41) is 18.6. The summed E-state index contributed by atoms with van der Waals surface area (Å²) in [5.41, 5.74) is 1.24. The number of carbonyl (C=O) groups excluding carboxylic acids is 1. The molecule has 2 aromatic heterocycles. The van der Waals surface area contributed by atoms with E-state index < -0.39 is 33.2 Å². The highest BCUT2D eigenvalue weighted by atomic mass is 32.2. The lowest BCUT2D eigenvalue weighted by Crippen LogP contribution is -2.49. The van der Waals surface area contributed by atoms with E-state index in [1.807, 2.05) is 30.3 Å². The number of amides is 1. The first-order chi connectivity index (χ1) is 22.0. The molecule has 9 nitrogen and oxygen atoms in total. The van der Waals surface area contributed by atoms with Gasteiger partial charge in [0.15, 0.2) is 17.4 Å². The predicted octanol–water partition coefficient (Wildman–Crippen LogP) is 6.06. The van der Waals surface area contributed by atoms with Crippen molar-refractivity contribution in [2.75, 3.05) is 5.32 Å². The number of nitrogens with zero attached hydrogens (tertiary/aromatic N) is 2. The quantitative estimate of drug-likeness (QED) is 0.223. The zero-order valence-corrected chi connectivity index (χ0v) is 26.2. The average molecular weight is 651 g/mol. The molecular weight excluding hydrogens is 614 g/mol. The van der Waals surface area contributed by atoms with Gasteiger partial charge in [0.25, 0.3) is 5.91 Å². The number of hydrogen-bond acceptors (Lipinski definition) is 6. The molecule has 242 valence electrons. The Balaban J connectivity index is 1.15. The van der Waals surface area contributed by atoms with Crippen LogP contribution in [0.5, 0.6) is 0 Å². The Morgan fingerprint density at radius 3 is 2.48 bits per heavy atom. The Morgan fingerprint density at radius 2 is 1.76 bits per heavy atom. The molecule has 2 atom stereocenters. The molecule has 1 amide bonds. The van der Waals surface area contributed by atoms with Crippen molar-refractivity contribution in [3.05, 3.63) is 88.9 Å². The molecule has 2 aliphatic carbocycles. The van der Waals surface area contributed by atoms with Gasteiger partial charge >= 0.3 is 0 Å². The Bertz CT molecular complexity index is 1890. The number of halogens is 2. The minimum absolute atomic E-state index is 0.0734. The topological polar surface area (TPSA) is 126 Å². The number of sulfonamides is 1. The molecule has 12 heteroatoms. The highest BCUT2D eigenvalue weighted by molar-refractivity contribution is 7.89. The van der Waals surface area contributed by atoms with Gasteiger partial charge in [0, 0.05) is 47.2 Å². The molecule has 3 heterocycles. The molecule has 3 N–H and O–H groups in total. The van der Waals surface area contributed by atoms with Gasteiger partial charge in [0.1, 0.15) is 21.9 Å². The molecule has 2 unspecified atom stereocenters. The number of anilines is 1. The number of benzene rings is 2. The Kier molecular flexibility index (Phi) is 7.85. The third-order valence-corrected chi connectivity index (χ3v) is 11.6. The lowest BCUT2D eigenvalue weighted by Gasteiger charge is -2.40. The second-order valence-corrected chi connectivity index (χ2v) is 14.6. The Morgan fingerprint density at radius 1 is 1.02 bits per heavy atom. The van der Waals surface area contributed by atoms with Crippen molar-refractivity contribution < 1.29 is 31.6 Å². The highest BCUT2D eigenvalue weighted by Crippen LogP contribution is 2.51. The molecule has 2 saturated carbocycles. The smallest absolute Gasteiger partial charge is 0.272 e. The molecule has 0 radical (unpaired) electrons. The molecule has 4 aromatic rings. The molecule has 2 fully saturated rings. The van der Waals surface area contributed by atoms with Gasteiger partial charge in [0.2, 0.25) is 10.0 Å². The number of carbonyl (C=O) groups is 1. The van der Waals surface area contributed by atoms with E-state index in [1.54, 1.807) is 17.6 Å². The molecule has 3 aliphatic rings. The van der Waals surface area contributed by atoms with Crippen LogP contribution in [0.2, 0.25) is 0 Å². The first-order valence-corrected chi connectivity index (χ1v) is 17.3. The van der Waals surface area contributed by atoms with Crippen molar-refractivity contribution in [2.24, 2.45) is 11.8 Å². The van der Waals surface area contributed by atoms with Crippen molar-refractivity contribution in [3.63, 3.8) is 0 Å². The van der Waals surface area contributed by atoms with E-state index in [4.69, 9.17) is 4.52 Å². The lowest BCUT2D eigenvalue weighted by molar-refractivity contribution is -0.0398. The van der Waals surface area contributed by atoms with Crippen LogP contribution in [0.4, 0.5) is 14.5 Å². The molecule has 0 saturated heterocycles. The molecule has 2 aromatic carbocycles. The van der Waals surface area contributed by atoms with Gasteiger partial charge in [-0.25, -0.2) is 21.9 Å². The van der Waals surface area contributed by atoms with Gasteiger partial charge in [-0.2, -0.15) is 0 Å². The lowest BCUT2D eigenvalue weighted by atomic mass is 9.73. The van der Waals surface area contributed by atoms with Crippen LogP contribution in [0.25, 0.3) is 11.3 Å². The number of rotatable bonds is 7. The second-order valence-electron chi connectivity index (χ2n) is 12.9. The van der Waals surface area contributed by atoms with Crippen LogP contribution in [-0.2, 0) is 28.6 Å². The molecular formula is C34H36F2N4O5S. The zero-order chi connectivity index (χ0) is 32.2. The van der Waals surface area contributed by atoms with E-state index in [1.165, 1.54) is 6.07 Å². The van der Waals surface area contributed by atoms with Gasteiger partial charge in [-0.1, -0.05) is 41.9 Å². The minimum atomic E-state index is -4.08. The maximum absolute atomic E-state index is 14.3. The van der Waals surface area contributed by atoms with Gasteiger partial charge in [-0.15, -0.1) is 0 Å². The normalized spacial score (nSPS) is 24.4. The van der Waals surface area contributed by atoms with Crippen molar-refractivity contribution >= 4 is 21.6 Å². The van der Waals surface area contributed by atoms with Crippen molar-refractivity contribution in [2.45, 2.75) is 81.4 Å². The summed E-state index contributed by atoms with van der Waals surface area (Å²) in [7, 11) is -4.08. The van der Waals surface area contributed by atoms with E-state index in [0.717, 1.165) is 49.8 Å². The molecule has 7 rings (SSSR count). The predicted molar refractivity (Wildman–Crippen MR) is 166 cm³/mol. The molecule has 0 spiro atoms. The highest BCUT2D eigenvalue weighted by Gasteiger charge is 2.52. The van der Waals surface area contributed by atoms with Gasteiger partial charge in [-0.3, -0.25) is 4.79 Å². The fourth-order valence-corrected chi connectivity index (χ4v) is 9.77. The molecule has 1 aliphatic heterocycles. The SMILES string of the molecule is Cc1c(S(=O)(=O)NC2C3CCC2CC(O)(c2cc(-c4ccccc4)on2)C3)c2n(c1C(=O)Nc1ccc(F)c(F)c1)CCCCC2. The zero-order valence-electron chi connectivity index (χ0n) is 25.4. The molecule has 2 bridgehead atoms. The van der Waals surface area contributed by atoms with Gasteiger partial charge in [0.05, 0.1) is 0 Å². The third-order valence-electron chi connectivity index (χ3n) is 9.97. The number of aromatic nitrogens is 2. The molecule has 46 heavy (non-hydrogen) atoms. The summed E-state index contributed by atoms with van der Waals surface area (Å²) in [4.78, 5) is 13.7. The van der Waals surface area contributed by atoms with E-state index in [9.17, 15) is 27.1 Å². The average Bonchev–Trinajstić information content (AvgIpc) is 3.63. The fraction of sp³-hybridized carbons (Fsp3) is 0.412. The van der Waals surface area contributed by atoms with Crippen molar-refractivity contribution in [3.8, 4) is 11.3 Å². The van der Waals surface area contributed by atoms with E-state index in [0.29, 0.717) is 48.5 Å². The Labute approximate surface area is 266 Å². The van der Waals surface area contributed by atoms with Gasteiger partial charge < -0.3 is 19.5 Å². The summed E-state index contributed by atoms with van der Waals surface area (Å²) >= 11 is 0. The van der Waals surface area contributed by atoms with Crippen LogP contribution in [0, 0.1) is 30.4 Å². The van der Waals surface area contributed by atoms with E-state index in [-0.39, 0.29) is 34.2 Å². The second kappa shape index (κ2) is 11.7. The first-order valence-electron chi connectivity index (χ1n) is 15.8. The third kappa shape index (κ3) is 5.46. The van der Waals surface area contributed by atoms with Crippen LogP contribution in [0.1, 0.15) is 72.4 Å². The maximum atomic E-state index is 14.3. The van der Waals surface area contributed by atoms with Crippen LogP contribution < -0.4 is 10.0 Å². The van der Waals surface area contributed by atoms with Crippen LogP contribution in [0.3, 0.4) is 0 Å². The summed E-state index contributed by atoms with van der Waals surface area (Å²) in [6.07, 6.45) is 5.13. The van der Waals surface area contributed by atoms with E-state index >= 15 is 0 Å². The monoisotopic (exact) mass is 650 g/mol. The maximum Gasteiger partial charge on any atom is 0.272 e. The standard InChI is InChI=1S/C34H36F2N4O5S/c1-20-31(33(41)37-24-13-14-25(35)26(36)16-24)40-15-7-3-6-10-27(40)32(20)46(43,44)39-30-22-11-12-23(30)19-34(42,18-22)29-17-28(45-38-29)21-8-4-2-5-9-21/h2,4-5,8-9,13-14,16-17,22-23,30,39,42H,3,6-7,10-12,15,18-19H2,1H3,(H,37,41). The van der Waals surface area contributed by atoms with Crippen LogP contribution >= 0.6 is 0 Å².